The van der Waals surface area contributed by atoms with Crippen LogP contribution in [0.15, 0.2) is 64.3 Å². The maximum absolute atomic E-state index is 6.44. The normalized spacial score (nSPS) is 11.1. The monoisotopic (exact) mass is 439 g/mol. The smallest absolute Gasteiger partial charge is 0.226 e. The number of unbranched alkanes of at least 4 members (excludes halogenated alkanes) is 1. The Bertz CT molecular complexity index is 1100. The van der Waals surface area contributed by atoms with Gasteiger partial charge in [-0.3, -0.25) is 4.57 Å². The van der Waals surface area contributed by atoms with Crippen LogP contribution < -0.4 is 0 Å². The summed E-state index contributed by atoms with van der Waals surface area (Å²) in [7, 11) is 0. The molecule has 2 heterocycles. The van der Waals surface area contributed by atoms with Gasteiger partial charge in [0.15, 0.2) is 16.8 Å². The fourth-order valence-electron chi connectivity index (χ4n) is 3.05. The average molecular weight is 440 g/mol. The van der Waals surface area contributed by atoms with E-state index in [-0.39, 0.29) is 0 Å². The molecule has 0 aliphatic heterocycles. The molecule has 0 aliphatic rings. The van der Waals surface area contributed by atoms with Gasteiger partial charge in [0.25, 0.3) is 0 Å². The van der Waals surface area contributed by atoms with Crippen molar-refractivity contribution in [1.82, 2.24) is 24.9 Å². The molecular weight excluding hydrogens is 418 g/mol. The van der Waals surface area contributed by atoms with Gasteiger partial charge in [0.2, 0.25) is 5.89 Å². The Labute approximate surface area is 184 Å². The molecular formula is C22H22ClN5OS. The minimum atomic E-state index is 0.561. The summed E-state index contributed by atoms with van der Waals surface area (Å²) in [5, 5.41) is 14.4. The van der Waals surface area contributed by atoms with E-state index in [1.54, 1.807) is 0 Å². The third-order valence-electron chi connectivity index (χ3n) is 4.60. The standard InChI is InChI=1S/C22H22ClN5OS/c1-2-3-13-20-24-19(27-29-20)15-30-22-26-25-21(17-11-7-8-12-18(17)23)28(22)14-16-9-5-4-6-10-16/h4-12H,2-3,13-15H2,1H3. The molecule has 30 heavy (non-hydrogen) atoms. The Morgan fingerprint density at radius 1 is 1.03 bits per heavy atom. The lowest BCUT2D eigenvalue weighted by molar-refractivity contribution is 0.371. The van der Waals surface area contributed by atoms with Crippen molar-refractivity contribution in [2.75, 3.05) is 0 Å². The summed E-state index contributed by atoms with van der Waals surface area (Å²) in [6.45, 7) is 2.79. The topological polar surface area (TPSA) is 69.6 Å². The quantitative estimate of drug-likeness (QED) is 0.313. The lowest BCUT2D eigenvalue weighted by Crippen LogP contribution is -2.04. The number of benzene rings is 2. The zero-order valence-electron chi connectivity index (χ0n) is 16.7. The minimum Gasteiger partial charge on any atom is -0.339 e. The Balaban J connectivity index is 1.59. The molecule has 6 nitrogen and oxygen atoms in total. The highest BCUT2D eigenvalue weighted by Gasteiger charge is 2.18. The highest BCUT2D eigenvalue weighted by molar-refractivity contribution is 7.98. The van der Waals surface area contributed by atoms with Gasteiger partial charge in [0, 0.05) is 12.0 Å². The molecule has 2 aromatic heterocycles. The molecule has 4 rings (SSSR count). The van der Waals surface area contributed by atoms with Crippen molar-refractivity contribution in [2.24, 2.45) is 0 Å². The van der Waals surface area contributed by atoms with Crippen molar-refractivity contribution in [1.29, 1.82) is 0 Å². The number of hydrogen-bond donors (Lipinski definition) is 0. The summed E-state index contributed by atoms with van der Waals surface area (Å²) in [4.78, 5) is 4.48. The van der Waals surface area contributed by atoms with E-state index in [4.69, 9.17) is 16.1 Å². The molecule has 0 unspecified atom stereocenters. The highest BCUT2D eigenvalue weighted by atomic mass is 35.5. The maximum Gasteiger partial charge on any atom is 0.226 e. The molecule has 0 bridgehead atoms. The average Bonchev–Trinajstić information content (AvgIpc) is 3.39. The second-order valence-electron chi connectivity index (χ2n) is 6.85. The van der Waals surface area contributed by atoms with Crippen LogP contribution in [-0.2, 0) is 18.7 Å². The number of halogens is 1. The molecule has 0 fully saturated rings. The van der Waals surface area contributed by atoms with Crippen molar-refractivity contribution in [2.45, 2.75) is 43.6 Å². The minimum absolute atomic E-state index is 0.561. The van der Waals surface area contributed by atoms with E-state index in [1.165, 1.54) is 11.8 Å². The van der Waals surface area contributed by atoms with Crippen LogP contribution >= 0.6 is 23.4 Å². The van der Waals surface area contributed by atoms with Crippen molar-refractivity contribution < 1.29 is 4.52 Å². The van der Waals surface area contributed by atoms with E-state index in [1.807, 2.05) is 42.5 Å². The third-order valence-corrected chi connectivity index (χ3v) is 5.89. The number of aromatic nitrogens is 5. The first-order chi connectivity index (χ1) is 14.7. The second kappa shape index (κ2) is 9.91. The number of nitrogens with zero attached hydrogens (tertiary/aromatic N) is 5. The van der Waals surface area contributed by atoms with E-state index < -0.39 is 0 Å². The molecule has 0 saturated heterocycles. The van der Waals surface area contributed by atoms with Gasteiger partial charge in [-0.25, -0.2) is 0 Å². The molecule has 0 amide bonds. The van der Waals surface area contributed by atoms with E-state index >= 15 is 0 Å². The third kappa shape index (κ3) is 4.91. The molecule has 4 aromatic rings. The van der Waals surface area contributed by atoms with Gasteiger partial charge in [0.1, 0.15) is 0 Å². The fourth-order valence-corrected chi connectivity index (χ4v) is 4.05. The lowest BCUT2D eigenvalue weighted by Gasteiger charge is -2.11. The fraction of sp³-hybridized carbons (Fsp3) is 0.273. The van der Waals surface area contributed by atoms with Crippen molar-refractivity contribution >= 4 is 23.4 Å². The van der Waals surface area contributed by atoms with Crippen LogP contribution in [0.1, 0.15) is 37.0 Å². The maximum atomic E-state index is 6.44. The first-order valence-electron chi connectivity index (χ1n) is 9.91. The van der Waals surface area contributed by atoms with Crippen molar-refractivity contribution in [3.63, 3.8) is 0 Å². The molecule has 0 saturated carbocycles. The summed E-state index contributed by atoms with van der Waals surface area (Å²) in [6, 6.07) is 17.9. The van der Waals surface area contributed by atoms with Crippen LogP contribution in [0, 0.1) is 0 Å². The Morgan fingerprint density at radius 3 is 2.63 bits per heavy atom. The number of hydrogen-bond acceptors (Lipinski definition) is 6. The lowest BCUT2D eigenvalue weighted by atomic mass is 10.2. The predicted octanol–water partition coefficient (Wildman–Crippen LogP) is 5.66. The van der Waals surface area contributed by atoms with E-state index in [0.29, 0.717) is 29.0 Å². The Morgan fingerprint density at radius 2 is 1.83 bits per heavy atom. The number of aryl methyl sites for hydroxylation is 1. The summed E-state index contributed by atoms with van der Waals surface area (Å²) in [5.41, 5.74) is 2.02. The van der Waals surface area contributed by atoms with Crippen LogP contribution in [0.2, 0.25) is 5.02 Å². The largest absolute Gasteiger partial charge is 0.339 e. The van der Waals surface area contributed by atoms with Gasteiger partial charge in [0.05, 0.1) is 17.3 Å². The zero-order chi connectivity index (χ0) is 20.8. The van der Waals surface area contributed by atoms with Crippen molar-refractivity contribution in [3.05, 3.63) is 76.9 Å². The second-order valence-corrected chi connectivity index (χ2v) is 8.20. The van der Waals surface area contributed by atoms with Gasteiger partial charge < -0.3 is 4.52 Å². The van der Waals surface area contributed by atoms with Gasteiger partial charge in [-0.15, -0.1) is 10.2 Å². The first-order valence-corrected chi connectivity index (χ1v) is 11.3. The van der Waals surface area contributed by atoms with Gasteiger partial charge >= 0.3 is 0 Å². The molecule has 0 aliphatic carbocycles. The summed E-state index contributed by atoms with van der Waals surface area (Å²) < 4.78 is 7.42. The molecule has 8 heteroatoms. The van der Waals surface area contributed by atoms with E-state index in [9.17, 15) is 0 Å². The molecule has 0 N–H and O–H groups in total. The van der Waals surface area contributed by atoms with E-state index in [0.717, 1.165) is 41.4 Å². The first kappa shape index (κ1) is 20.6. The molecule has 2 aromatic carbocycles. The van der Waals surface area contributed by atoms with Crippen molar-refractivity contribution in [3.8, 4) is 11.4 Å². The van der Waals surface area contributed by atoms with Gasteiger partial charge in [-0.05, 0) is 24.1 Å². The Kier molecular flexibility index (Phi) is 6.81. The van der Waals surface area contributed by atoms with Crippen LogP contribution in [0.5, 0.6) is 0 Å². The van der Waals surface area contributed by atoms with Gasteiger partial charge in [-0.2, -0.15) is 4.98 Å². The summed E-state index contributed by atoms with van der Waals surface area (Å²) in [6.07, 6.45) is 2.95. The Hall–Kier alpha value is -2.64. The highest BCUT2D eigenvalue weighted by Crippen LogP contribution is 2.30. The number of rotatable bonds is 9. The summed E-state index contributed by atoms with van der Waals surface area (Å²) in [5.74, 6) is 2.66. The number of thioether (sulfide) groups is 1. The molecule has 0 spiro atoms. The SMILES string of the molecule is CCCCc1nc(CSc2nnc(-c3ccccc3Cl)n2Cc2ccccc2)no1. The van der Waals surface area contributed by atoms with Crippen LogP contribution in [-0.4, -0.2) is 24.9 Å². The zero-order valence-corrected chi connectivity index (χ0v) is 18.2. The van der Waals surface area contributed by atoms with Crippen LogP contribution in [0.25, 0.3) is 11.4 Å². The molecule has 0 radical (unpaired) electrons. The van der Waals surface area contributed by atoms with E-state index in [2.05, 4.69) is 44.0 Å². The van der Waals surface area contributed by atoms with Crippen LogP contribution in [0.3, 0.4) is 0 Å². The molecule has 154 valence electrons. The van der Waals surface area contributed by atoms with Gasteiger partial charge in [-0.1, -0.05) is 84.3 Å². The predicted molar refractivity (Wildman–Crippen MR) is 118 cm³/mol. The summed E-state index contributed by atoms with van der Waals surface area (Å²) >= 11 is 7.98. The van der Waals surface area contributed by atoms with Crippen LogP contribution in [0.4, 0.5) is 0 Å². The molecule has 0 atom stereocenters.